The zero-order valence-corrected chi connectivity index (χ0v) is 6.79. The third-order valence-electron chi connectivity index (χ3n) is 1.18. The number of carbonyl (C=O) groups is 1. The summed E-state index contributed by atoms with van der Waals surface area (Å²) in [6.45, 7) is 4.01. The van der Waals surface area contributed by atoms with E-state index >= 15 is 0 Å². The normalized spacial score (nSPS) is 11.3. The van der Waals surface area contributed by atoms with Gasteiger partial charge in [0.15, 0.2) is 0 Å². The van der Waals surface area contributed by atoms with E-state index in [9.17, 15) is 4.79 Å². The van der Waals surface area contributed by atoms with Crippen LogP contribution < -0.4 is 5.73 Å². The van der Waals surface area contributed by atoms with Gasteiger partial charge < -0.3 is 5.73 Å². The van der Waals surface area contributed by atoms with Crippen LogP contribution in [-0.2, 0) is 4.79 Å². The topological polar surface area (TPSA) is 66.9 Å². The van der Waals surface area contributed by atoms with E-state index in [1.54, 1.807) is 12.1 Å². The van der Waals surface area contributed by atoms with Gasteiger partial charge in [0, 0.05) is 0 Å². The lowest BCUT2D eigenvalue weighted by Gasteiger charge is -1.97. The summed E-state index contributed by atoms with van der Waals surface area (Å²) in [6, 6.07) is 1.74. The van der Waals surface area contributed by atoms with Crippen LogP contribution in [0, 0.1) is 17.2 Å². The molecule has 0 aliphatic rings. The molecule has 2 N–H and O–H groups in total. The lowest BCUT2D eigenvalue weighted by atomic mass is 10.1. The smallest absolute Gasteiger partial charge is 0.259 e. The van der Waals surface area contributed by atoms with E-state index in [1.165, 1.54) is 0 Å². The van der Waals surface area contributed by atoms with E-state index < -0.39 is 5.91 Å². The molecule has 0 saturated heterocycles. The maximum absolute atomic E-state index is 10.5. The van der Waals surface area contributed by atoms with Crippen molar-refractivity contribution in [3.8, 4) is 6.07 Å². The number of nitrogens with two attached hydrogens (primary N) is 1. The Morgan fingerprint density at radius 2 is 2.27 bits per heavy atom. The number of rotatable bonds is 3. The lowest BCUT2D eigenvalue weighted by molar-refractivity contribution is -0.114. The van der Waals surface area contributed by atoms with Crippen LogP contribution in [0.4, 0.5) is 0 Å². The molecule has 0 saturated carbocycles. The monoisotopic (exact) mass is 152 g/mol. The first-order chi connectivity index (χ1) is 5.07. The first kappa shape index (κ1) is 9.70. The van der Waals surface area contributed by atoms with E-state index in [-0.39, 0.29) is 5.57 Å². The van der Waals surface area contributed by atoms with Gasteiger partial charge in [-0.1, -0.05) is 19.9 Å². The van der Waals surface area contributed by atoms with Crippen molar-refractivity contribution < 1.29 is 4.79 Å². The van der Waals surface area contributed by atoms with Gasteiger partial charge in [-0.3, -0.25) is 4.79 Å². The van der Waals surface area contributed by atoms with Crippen LogP contribution in [0.1, 0.15) is 20.3 Å². The summed E-state index contributed by atoms with van der Waals surface area (Å²) < 4.78 is 0. The Morgan fingerprint density at radius 3 is 2.55 bits per heavy atom. The van der Waals surface area contributed by atoms with Gasteiger partial charge >= 0.3 is 0 Å². The van der Waals surface area contributed by atoms with Crippen LogP contribution in [0.2, 0.25) is 0 Å². The van der Waals surface area contributed by atoms with E-state index in [2.05, 4.69) is 0 Å². The summed E-state index contributed by atoms with van der Waals surface area (Å²) in [5.74, 6) is -0.203. The second kappa shape index (κ2) is 4.51. The minimum absolute atomic E-state index is 0.0544. The minimum Gasteiger partial charge on any atom is -0.365 e. The number of amides is 1. The van der Waals surface area contributed by atoms with Gasteiger partial charge in [-0.25, -0.2) is 0 Å². The third-order valence-corrected chi connectivity index (χ3v) is 1.18. The summed E-state index contributed by atoms with van der Waals surface area (Å²) >= 11 is 0. The van der Waals surface area contributed by atoms with E-state index in [0.29, 0.717) is 12.3 Å². The van der Waals surface area contributed by atoms with Gasteiger partial charge in [0.05, 0.1) is 0 Å². The third kappa shape index (κ3) is 4.15. The number of hydrogen-bond acceptors (Lipinski definition) is 2. The lowest BCUT2D eigenvalue weighted by Crippen LogP contribution is -2.12. The predicted molar refractivity (Wildman–Crippen MR) is 42.3 cm³/mol. The summed E-state index contributed by atoms with van der Waals surface area (Å²) in [6.07, 6.45) is 2.29. The first-order valence-electron chi connectivity index (χ1n) is 3.48. The molecule has 11 heavy (non-hydrogen) atoms. The van der Waals surface area contributed by atoms with Gasteiger partial charge in [-0.15, -0.1) is 0 Å². The van der Waals surface area contributed by atoms with Crippen LogP contribution >= 0.6 is 0 Å². The molecule has 0 heterocycles. The van der Waals surface area contributed by atoms with E-state index in [0.717, 1.165) is 0 Å². The van der Waals surface area contributed by atoms with Crippen LogP contribution in [-0.4, -0.2) is 5.91 Å². The molecule has 0 radical (unpaired) electrons. The predicted octanol–water partition coefficient (Wildman–Crippen LogP) is 0.968. The zero-order valence-electron chi connectivity index (χ0n) is 6.79. The molecule has 1 amide bonds. The van der Waals surface area contributed by atoms with Crippen LogP contribution in [0.5, 0.6) is 0 Å². The molecule has 60 valence electrons. The molecule has 0 fully saturated rings. The quantitative estimate of drug-likeness (QED) is 0.483. The number of nitriles is 1. The summed E-state index contributed by atoms with van der Waals surface area (Å²) in [4.78, 5) is 10.5. The summed E-state index contributed by atoms with van der Waals surface area (Å²) in [7, 11) is 0. The SMILES string of the molecule is CC(C)CC=C(C#N)C(N)=O. The van der Waals surface area contributed by atoms with Crippen molar-refractivity contribution in [2.24, 2.45) is 11.7 Å². The second-order valence-corrected chi connectivity index (χ2v) is 2.72. The highest BCUT2D eigenvalue weighted by atomic mass is 16.1. The number of allylic oxidation sites excluding steroid dienone is 1. The molecule has 0 unspecified atom stereocenters. The van der Waals surface area contributed by atoms with Crippen molar-refractivity contribution in [1.29, 1.82) is 5.26 Å². The highest BCUT2D eigenvalue weighted by molar-refractivity contribution is 5.95. The van der Waals surface area contributed by atoms with E-state index in [4.69, 9.17) is 11.0 Å². The Balaban J connectivity index is 4.17. The molecular formula is C8H12N2O. The zero-order chi connectivity index (χ0) is 8.85. The Kier molecular flexibility index (Phi) is 3.97. The fourth-order valence-corrected chi connectivity index (χ4v) is 0.555. The van der Waals surface area contributed by atoms with Gasteiger partial charge in [0.25, 0.3) is 5.91 Å². The van der Waals surface area contributed by atoms with Crippen LogP contribution in [0.15, 0.2) is 11.6 Å². The highest BCUT2D eigenvalue weighted by Crippen LogP contribution is 2.03. The van der Waals surface area contributed by atoms with Crippen molar-refractivity contribution in [2.75, 3.05) is 0 Å². The largest absolute Gasteiger partial charge is 0.365 e. The molecule has 0 bridgehead atoms. The second-order valence-electron chi connectivity index (χ2n) is 2.72. The van der Waals surface area contributed by atoms with Crippen molar-refractivity contribution in [3.63, 3.8) is 0 Å². The molecular weight excluding hydrogens is 140 g/mol. The average molecular weight is 152 g/mol. The van der Waals surface area contributed by atoms with Crippen molar-refractivity contribution in [3.05, 3.63) is 11.6 Å². The molecule has 0 aromatic carbocycles. The minimum atomic E-state index is -0.645. The molecule has 0 aromatic rings. The molecule has 3 heteroatoms. The fourth-order valence-electron chi connectivity index (χ4n) is 0.555. The molecule has 0 aliphatic heterocycles. The molecule has 0 rings (SSSR count). The highest BCUT2D eigenvalue weighted by Gasteiger charge is 2.01. The number of nitrogens with zero attached hydrogens (tertiary/aromatic N) is 1. The van der Waals surface area contributed by atoms with Crippen molar-refractivity contribution in [2.45, 2.75) is 20.3 Å². The molecule has 3 nitrogen and oxygen atoms in total. The van der Waals surface area contributed by atoms with Crippen molar-refractivity contribution >= 4 is 5.91 Å². The molecule has 0 spiro atoms. The fraction of sp³-hybridized carbons (Fsp3) is 0.500. The molecule has 0 aliphatic carbocycles. The molecule has 0 atom stereocenters. The number of carbonyl (C=O) groups excluding carboxylic acids is 1. The van der Waals surface area contributed by atoms with Crippen LogP contribution in [0.3, 0.4) is 0 Å². The van der Waals surface area contributed by atoms with Gasteiger partial charge in [-0.2, -0.15) is 5.26 Å². The first-order valence-corrected chi connectivity index (χ1v) is 3.48. The maximum Gasteiger partial charge on any atom is 0.259 e. The van der Waals surface area contributed by atoms with Crippen molar-refractivity contribution in [1.82, 2.24) is 0 Å². The summed E-state index contributed by atoms with van der Waals surface area (Å²) in [5, 5.41) is 8.39. The van der Waals surface area contributed by atoms with Crippen LogP contribution in [0.25, 0.3) is 0 Å². The Labute approximate surface area is 66.5 Å². The average Bonchev–Trinajstić information content (AvgIpc) is 1.87. The molecule has 0 aromatic heterocycles. The Hall–Kier alpha value is -1.30. The number of primary amides is 1. The van der Waals surface area contributed by atoms with Gasteiger partial charge in [0.2, 0.25) is 0 Å². The standard InChI is InChI=1S/C8H12N2O/c1-6(2)3-4-7(5-9)8(10)11/h4,6H,3H2,1-2H3,(H2,10,11). The van der Waals surface area contributed by atoms with Gasteiger partial charge in [-0.05, 0) is 12.3 Å². The maximum atomic E-state index is 10.5. The summed E-state index contributed by atoms with van der Waals surface area (Å²) in [5.41, 5.74) is 4.96. The Morgan fingerprint density at radius 1 is 1.73 bits per heavy atom. The van der Waals surface area contributed by atoms with E-state index in [1.807, 2.05) is 13.8 Å². The Bertz CT molecular complexity index is 211. The number of hydrogen-bond donors (Lipinski definition) is 1. The van der Waals surface area contributed by atoms with Gasteiger partial charge in [0.1, 0.15) is 11.6 Å².